The summed E-state index contributed by atoms with van der Waals surface area (Å²) in [6.45, 7) is -1.54. The van der Waals surface area contributed by atoms with Crippen LogP contribution in [0.1, 0.15) is 10.4 Å². The smallest absolute Gasteiger partial charge is 0.422 e. The zero-order chi connectivity index (χ0) is 16.2. The normalized spacial score (nSPS) is 11.1. The Morgan fingerprint density at radius 2 is 2.05 bits per heavy atom. The highest BCUT2D eigenvalue weighted by Gasteiger charge is 2.29. The molecular weight excluding hydrogens is 323 g/mol. The molecule has 0 bridgehead atoms. The average Bonchev–Trinajstić information content (AvgIpc) is 2.47. The molecule has 2 aromatic heterocycles. The van der Waals surface area contributed by atoms with E-state index >= 15 is 0 Å². The van der Waals surface area contributed by atoms with E-state index in [-0.39, 0.29) is 11.4 Å². The largest absolute Gasteiger partial charge is 0.467 e. The summed E-state index contributed by atoms with van der Waals surface area (Å²) in [5.41, 5.74) is -0.136. The molecule has 9 heteroatoms. The van der Waals surface area contributed by atoms with Crippen LogP contribution in [0.15, 0.2) is 36.7 Å². The van der Waals surface area contributed by atoms with Crippen molar-refractivity contribution in [2.45, 2.75) is 6.18 Å². The molecule has 2 heterocycles. The van der Waals surface area contributed by atoms with Crippen LogP contribution in [-0.4, -0.2) is 28.7 Å². The summed E-state index contributed by atoms with van der Waals surface area (Å²) < 4.78 is 41.1. The summed E-state index contributed by atoms with van der Waals surface area (Å²) in [7, 11) is 0. The van der Waals surface area contributed by atoms with Gasteiger partial charge in [0, 0.05) is 12.4 Å². The lowest BCUT2D eigenvalue weighted by Crippen LogP contribution is -2.22. The van der Waals surface area contributed by atoms with Crippen molar-refractivity contribution in [3.05, 3.63) is 47.2 Å². The van der Waals surface area contributed by atoms with Crippen LogP contribution in [-0.2, 0) is 0 Å². The van der Waals surface area contributed by atoms with Crippen molar-refractivity contribution in [1.82, 2.24) is 9.97 Å². The first-order valence-electron chi connectivity index (χ1n) is 5.92. The third-order valence-electron chi connectivity index (χ3n) is 2.36. The quantitative estimate of drug-likeness (QED) is 0.933. The number of alkyl halides is 3. The maximum absolute atomic E-state index is 12.2. The molecule has 22 heavy (non-hydrogen) atoms. The van der Waals surface area contributed by atoms with Crippen LogP contribution in [0.5, 0.6) is 5.88 Å². The standard InChI is InChI=1S/C13H9ClF3N3O2/c14-8-3-4-10(19-6-8)20-11(21)9-2-1-5-18-12(9)22-7-13(15,16)17/h1-6H,7H2,(H,19,20,21). The van der Waals surface area contributed by atoms with Gasteiger partial charge in [-0.15, -0.1) is 0 Å². The van der Waals surface area contributed by atoms with Crippen LogP contribution >= 0.6 is 11.6 Å². The molecule has 0 aliphatic heterocycles. The molecule has 1 amide bonds. The van der Waals surface area contributed by atoms with Crippen LogP contribution in [0, 0.1) is 0 Å². The lowest BCUT2D eigenvalue weighted by Gasteiger charge is -2.11. The molecule has 0 spiro atoms. The number of aromatic nitrogens is 2. The number of pyridine rings is 2. The third-order valence-corrected chi connectivity index (χ3v) is 2.58. The van der Waals surface area contributed by atoms with Gasteiger partial charge < -0.3 is 10.1 Å². The van der Waals surface area contributed by atoms with Crippen LogP contribution in [0.2, 0.25) is 5.02 Å². The zero-order valence-corrected chi connectivity index (χ0v) is 11.6. The fraction of sp³-hybridized carbons (Fsp3) is 0.154. The highest BCUT2D eigenvalue weighted by atomic mass is 35.5. The molecule has 2 aromatic rings. The molecule has 5 nitrogen and oxygen atoms in total. The molecule has 2 rings (SSSR count). The molecule has 0 saturated heterocycles. The monoisotopic (exact) mass is 331 g/mol. The van der Waals surface area contributed by atoms with E-state index in [2.05, 4.69) is 20.0 Å². The van der Waals surface area contributed by atoms with E-state index in [9.17, 15) is 18.0 Å². The Hall–Kier alpha value is -2.35. The number of amides is 1. The Kier molecular flexibility index (Phi) is 4.81. The second-order valence-corrected chi connectivity index (χ2v) is 4.51. The second kappa shape index (κ2) is 6.61. The first-order valence-corrected chi connectivity index (χ1v) is 6.30. The lowest BCUT2D eigenvalue weighted by atomic mass is 10.2. The van der Waals surface area contributed by atoms with Gasteiger partial charge in [0.25, 0.3) is 5.91 Å². The minimum Gasteiger partial charge on any atom is -0.467 e. The van der Waals surface area contributed by atoms with E-state index in [0.717, 1.165) is 0 Å². The van der Waals surface area contributed by atoms with E-state index in [0.29, 0.717) is 5.02 Å². The maximum atomic E-state index is 12.2. The summed E-state index contributed by atoms with van der Waals surface area (Å²) in [6.07, 6.45) is -1.98. The van der Waals surface area contributed by atoms with Gasteiger partial charge >= 0.3 is 6.18 Å². The molecular formula is C13H9ClF3N3O2. The Morgan fingerprint density at radius 1 is 1.27 bits per heavy atom. The van der Waals surface area contributed by atoms with Crippen LogP contribution < -0.4 is 10.1 Å². The Balaban J connectivity index is 2.13. The number of carbonyl (C=O) groups excluding carboxylic acids is 1. The first kappa shape index (κ1) is 16.0. The van der Waals surface area contributed by atoms with Gasteiger partial charge in [0.15, 0.2) is 6.61 Å². The number of halogens is 4. The minimum atomic E-state index is -4.52. The molecule has 0 saturated carbocycles. The summed E-state index contributed by atoms with van der Waals surface area (Å²) in [5.74, 6) is -0.911. The highest BCUT2D eigenvalue weighted by molar-refractivity contribution is 6.30. The summed E-state index contributed by atoms with van der Waals surface area (Å²) in [5, 5.41) is 2.80. The summed E-state index contributed by atoms with van der Waals surface area (Å²) in [4.78, 5) is 19.5. The second-order valence-electron chi connectivity index (χ2n) is 4.08. The van der Waals surface area contributed by atoms with Crippen molar-refractivity contribution in [2.75, 3.05) is 11.9 Å². The highest BCUT2D eigenvalue weighted by Crippen LogP contribution is 2.21. The van der Waals surface area contributed by atoms with Crippen molar-refractivity contribution < 1.29 is 22.7 Å². The van der Waals surface area contributed by atoms with Gasteiger partial charge in [0.05, 0.1) is 5.02 Å². The molecule has 0 atom stereocenters. The molecule has 116 valence electrons. The predicted molar refractivity (Wildman–Crippen MR) is 73.0 cm³/mol. The number of carbonyl (C=O) groups is 1. The Labute approximate surface area is 128 Å². The molecule has 0 radical (unpaired) electrons. The van der Waals surface area contributed by atoms with E-state index < -0.39 is 24.6 Å². The molecule has 0 fully saturated rings. The lowest BCUT2D eigenvalue weighted by molar-refractivity contribution is -0.154. The number of nitrogens with zero attached hydrogens (tertiary/aromatic N) is 2. The van der Waals surface area contributed by atoms with Gasteiger partial charge in [0.2, 0.25) is 5.88 Å². The van der Waals surface area contributed by atoms with Crippen molar-refractivity contribution >= 4 is 23.3 Å². The van der Waals surface area contributed by atoms with Gasteiger partial charge in [0.1, 0.15) is 11.4 Å². The number of rotatable bonds is 4. The van der Waals surface area contributed by atoms with Crippen LogP contribution in [0.4, 0.5) is 19.0 Å². The topological polar surface area (TPSA) is 64.1 Å². The van der Waals surface area contributed by atoms with E-state index in [1.165, 1.54) is 36.7 Å². The van der Waals surface area contributed by atoms with Gasteiger partial charge in [-0.05, 0) is 24.3 Å². The van der Waals surface area contributed by atoms with Gasteiger partial charge in [-0.25, -0.2) is 9.97 Å². The van der Waals surface area contributed by atoms with Crippen molar-refractivity contribution in [1.29, 1.82) is 0 Å². The van der Waals surface area contributed by atoms with Gasteiger partial charge in [-0.3, -0.25) is 4.79 Å². The minimum absolute atomic E-state index is 0.136. The van der Waals surface area contributed by atoms with E-state index in [1.807, 2.05) is 0 Å². The van der Waals surface area contributed by atoms with Crippen LogP contribution in [0.25, 0.3) is 0 Å². The van der Waals surface area contributed by atoms with E-state index in [4.69, 9.17) is 11.6 Å². The Morgan fingerprint density at radius 3 is 2.68 bits per heavy atom. The maximum Gasteiger partial charge on any atom is 0.422 e. The molecule has 0 aliphatic rings. The summed E-state index contributed by atoms with van der Waals surface area (Å²) in [6, 6.07) is 5.66. The van der Waals surface area contributed by atoms with E-state index in [1.54, 1.807) is 0 Å². The molecule has 0 unspecified atom stereocenters. The van der Waals surface area contributed by atoms with Gasteiger partial charge in [-0.1, -0.05) is 11.6 Å². The van der Waals surface area contributed by atoms with Crippen molar-refractivity contribution in [2.24, 2.45) is 0 Å². The number of nitrogens with one attached hydrogen (secondary N) is 1. The Bertz CT molecular complexity index is 662. The number of hydrogen-bond acceptors (Lipinski definition) is 4. The average molecular weight is 332 g/mol. The number of ether oxygens (including phenoxy) is 1. The molecule has 0 aliphatic carbocycles. The van der Waals surface area contributed by atoms with Crippen LogP contribution in [0.3, 0.4) is 0 Å². The number of hydrogen-bond donors (Lipinski definition) is 1. The predicted octanol–water partition coefficient (Wildman–Crippen LogP) is 3.32. The third kappa shape index (κ3) is 4.59. The van der Waals surface area contributed by atoms with Crippen molar-refractivity contribution in [3.63, 3.8) is 0 Å². The zero-order valence-electron chi connectivity index (χ0n) is 10.9. The fourth-order valence-electron chi connectivity index (χ4n) is 1.46. The molecule has 1 N–H and O–H groups in total. The van der Waals surface area contributed by atoms with Gasteiger partial charge in [-0.2, -0.15) is 13.2 Å². The SMILES string of the molecule is O=C(Nc1ccc(Cl)cn1)c1cccnc1OCC(F)(F)F. The van der Waals surface area contributed by atoms with Crippen molar-refractivity contribution in [3.8, 4) is 5.88 Å². The fourth-order valence-corrected chi connectivity index (χ4v) is 1.57. The molecule has 0 aromatic carbocycles. The summed E-state index contributed by atoms with van der Waals surface area (Å²) >= 11 is 5.66. The first-order chi connectivity index (χ1) is 10.3. The number of anilines is 1.